The summed E-state index contributed by atoms with van der Waals surface area (Å²) in [5, 5.41) is 3.39. The molecule has 0 saturated carbocycles. The minimum Gasteiger partial charge on any atom is -0.484 e. The lowest BCUT2D eigenvalue weighted by Gasteiger charge is -2.15. The molecule has 0 spiro atoms. The van der Waals surface area contributed by atoms with Gasteiger partial charge in [-0.15, -0.1) is 0 Å². The summed E-state index contributed by atoms with van der Waals surface area (Å²) in [7, 11) is 0. The maximum absolute atomic E-state index is 13.0. The number of hydrogen-bond acceptors (Lipinski definition) is 2. The van der Waals surface area contributed by atoms with Gasteiger partial charge in [0.05, 0.1) is 11.1 Å². The molecule has 0 aliphatic rings. The fourth-order valence-electron chi connectivity index (χ4n) is 1.83. The Hall–Kier alpha value is -1.78. The summed E-state index contributed by atoms with van der Waals surface area (Å²) in [4.78, 5) is 11.8. The molecule has 6 heteroatoms. The molecule has 0 heterocycles. The smallest absolute Gasteiger partial charge is 0.258 e. The van der Waals surface area contributed by atoms with E-state index in [-0.39, 0.29) is 23.6 Å². The molecule has 2 aromatic carbocycles. The number of carbonyl (C=O) groups excluding carboxylic acids is 1. The van der Waals surface area contributed by atoms with Gasteiger partial charge in [0, 0.05) is 11.1 Å². The minimum atomic E-state index is -0.533. The maximum atomic E-state index is 13.0. The first-order chi connectivity index (χ1) is 10.5. The average Bonchev–Trinajstić information content (AvgIpc) is 2.49. The molecule has 0 aliphatic carbocycles. The molecule has 116 valence electrons. The highest BCUT2D eigenvalue weighted by molar-refractivity contribution is 6.31. The summed E-state index contributed by atoms with van der Waals surface area (Å²) < 4.78 is 18.3. The lowest BCUT2D eigenvalue weighted by atomic mass is 10.1. The van der Waals surface area contributed by atoms with Gasteiger partial charge in [0.1, 0.15) is 11.6 Å². The van der Waals surface area contributed by atoms with E-state index in [9.17, 15) is 9.18 Å². The van der Waals surface area contributed by atoms with Crippen molar-refractivity contribution in [1.82, 2.24) is 5.32 Å². The van der Waals surface area contributed by atoms with Crippen molar-refractivity contribution in [2.24, 2.45) is 0 Å². The van der Waals surface area contributed by atoms with Crippen LogP contribution in [0.5, 0.6) is 5.75 Å². The van der Waals surface area contributed by atoms with Gasteiger partial charge in [-0.05, 0) is 36.8 Å². The Balaban J connectivity index is 1.87. The van der Waals surface area contributed by atoms with Crippen LogP contribution < -0.4 is 10.1 Å². The van der Waals surface area contributed by atoms with Crippen molar-refractivity contribution in [2.45, 2.75) is 13.0 Å². The number of rotatable bonds is 5. The third-order valence-corrected chi connectivity index (χ3v) is 3.55. The van der Waals surface area contributed by atoms with Gasteiger partial charge in [0.2, 0.25) is 0 Å². The van der Waals surface area contributed by atoms with Crippen molar-refractivity contribution in [2.75, 3.05) is 6.61 Å². The van der Waals surface area contributed by atoms with Crippen LogP contribution in [0.1, 0.15) is 18.5 Å². The molecule has 0 aromatic heterocycles. The van der Waals surface area contributed by atoms with E-state index in [1.54, 1.807) is 12.1 Å². The second-order valence-electron chi connectivity index (χ2n) is 4.71. The third-order valence-electron chi connectivity index (χ3n) is 3.01. The molecule has 0 saturated heterocycles. The van der Waals surface area contributed by atoms with E-state index in [1.165, 1.54) is 18.2 Å². The fourth-order valence-corrected chi connectivity index (χ4v) is 2.13. The third kappa shape index (κ3) is 4.61. The predicted octanol–water partition coefficient (Wildman–Crippen LogP) is 4.39. The van der Waals surface area contributed by atoms with Crippen LogP contribution in [0.4, 0.5) is 4.39 Å². The number of halogens is 3. The Morgan fingerprint density at radius 2 is 1.91 bits per heavy atom. The average molecular weight is 342 g/mol. The summed E-state index contributed by atoms with van der Waals surface area (Å²) in [5.41, 5.74) is 0.933. The molecule has 2 rings (SSSR count). The van der Waals surface area contributed by atoms with Crippen LogP contribution >= 0.6 is 23.2 Å². The highest BCUT2D eigenvalue weighted by atomic mass is 35.5. The maximum Gasteiger partial charge on any atom is 0.258 e. The molecule has 3 nitrogen and oxygen atoms in total. The quantitative estimate of drug-likeness (QED) is 0.875. The van der Waals surface area contributed by atoms with Crippen molar-refractivity contribution in [3.8, 4) is 5.75 Å². The lowest BCUT2D eigenvalue weighted by Crippen LogP contribution is -2.31. The van der Waals surface area contributed by atoms with E-state index in [0.717, 1.165) is 5.56 Å². The molecule has 0 fully saturated rings. The van der Waals surface area contributed by atoms with Gasteiger partial charge in [0.25, 0.3) is 5.91 Å². The first-order valence-corrected chi connectivity index (χ1v) is 7.34. The van der Waals surface area contributed by atoms with Crippen LogP contribution in [0.2, 0.25) is 10.0 Å². The van der Waals surface area contributed by atoms with Gasteiger partial charge in [-0.25, -0.2) is 4.39 Å². The van der Waals surface area contributed by atoms with E-state index in [4.69, 9.17) is 27.9 Å². The van der Waals surface area contributed by atoms with Gasteiger partial charge >= 0.3 is 0 Å². The normalized spacial score (nSPS) is 11.8. The Morgan fingerprint density at radius 3 is 2.55 bits per heavy atom. The molecule has 2 aromatic rings. The van der Waals surface area contributed by atoms with E-state index in [1.807, 2.05) is 19.1 Å². The predicted molar refractivity (Wildman–Crippen MR) is 84.9 cm³/mol. The van der Waals surface area contributed by atoms with Crippen LogP contribution in [-0.2, 0) is 4.79 Å². The zero-order chi connectivity index (χ0) is 16.1. The summed E-state index contributed by atoms with van der Waals surface area (Å²) in [6, 6.07) is 11.0. The topological polar surface area (TPSA) is 38.3 Å². The molecule has 1 atom stereocenters. The standard InChI is InChI=1S/C16H14Cl2FNO2/c1-10(11-2-4-12(17)5-3-11)20-16(21)9-22-13-6-7-15(19)14(18)8-13/h2-8,10H,9H2,1H3,(H,20,21)/t10-/m0/s1. The lowest BCUT2D eigenvalue weighted by molar-refractivity contribution is -0.123. The van der Waals surface area contributed by atoms with Crippen LogP contribution in [-0.4, -0.2) is 12.5 Å². The van der Waals surface area contributed by atoms with E-state index in [2.05, 4.69) is 5.32 Å². The monoisotopic (exact) mass is 341 g/mol. The van der Waals surface area contributed by atoms with E-state index < -0.39 is 5.82 Å². The molecular weight excluding hydrogens is 328 g/mol. The Bertz CT molecular complexity index is 662. The first-order valence-electron chi connectivity index (χ1n) is 6.58. The number of ether oxygens (including phenoxy) is 1. The van der Waals surface area contributed by atoms with E-state index in [0.29, 0.717) is 10.8 Å². The first kappa shape index (κ1) is 16.6. The SMILES string of the molecule is C[C@H](NC(=O)COc1ccc(F)c(Cl)c1)c1ccc(Cl)cc1. The van der Waals surface area contributed by atoms with Crippen LogP contribution in [0.3, 0.4) is 0 Å². The zero-order valence-corrected chi connectivity index (χ0v) is 13.3. The van der Waals surface area contributed by atoms with Gasteiger partial charge in [-0.2, -0.15) is 0 Å². The summed E-state index contributed by atoms with van der Waals surface area (Å²) in [6.07, 6.45) is 0. The van der Waals surface area contributed by atoms with Crippen molar-refractivity contribution in [1.29, 1.82) is 0 Å². The second-order valence-corrected chi connectivity index (χ2v) is 5.55. The van der Waals surface area contributed by atoms with Crippen molar-refractivity contribution in [3.05, 3.63) is 63.9 Å². The number of hydrogen-bond donors (Lipinski definition) is 1. The molecule has 0 aliphatic heterocycles. The van der Waals surface area contributed by atoms with Crippen molar-refractivity contribution < 1.29 is 13.9 Å². The largest absolute Gasteiger partial charge is 0.484 e. The number of amides is 1. The van der Waals surface area contributed by atoms with Crippen molar-refractivity contribution >= 4 is 29.1 Å². The van der Waals surface area contributed by atoms with Crippen LogP contribution in [0.15, 0.2) is 42.5 Å². The summed E-state index contributed by atoms with van der Waals surface area (Å²) in [5.74, 6) is -0.488. The Kier molecular flexibility index (Phi) is 5.63. The molecule has 22 heavy (non-hydrogen) atoms. The molecule has 0 unspecified atom stereocenters. The summed E-state index contributed by atoms with van der Waals surface area (Å²) >= 11 is 11.5. The zero-order valence-electron chi connectivity index (χ0n) is 11.8. The van der Waals surface area contributed by atoms with Gasteiger partial charge < -0.3 is 10.1 Å². The Morgan fingerprint density at radius 1 is 1.23 bits per heavy atom. The fraction of sp³-hybridized carbons (Fsp3) is 0.188. The minimum absolute atomic E-state index is 0.0487. The molecule has 1 N–H and O–H groups in total. The number of benzene rings is 2. The molecule has 1 amide bonds. The van der Waals surface area contributed by atoms with Gasteiger partial charge in [0.15, 0.2) is 6.61 Å². The molecule has 0 bridgehead atoms. The second kappa shape index (κ2) is 7.47. The Labute approximate surface area is 138 Å². The van der Waals surface area contributed by atoms with Gasteiger partial charge in [-0.1, -0.05) is 35.3 Å². The van der Waals surface area contributed by atoms with Crippen LogP contribution in [0.25, 0.3) is 0 Å². The molecule has 0 radical (unpaired) electrons. The van der Waals surface area contributed by atoms with Gasteiger partial charge in [-0.3, -0.25) is 4.79 Å². The highest BCUT2D eigenvalue weighted by Gasteiger charge is 2.10. The van der Waals surface area contributed by atoms with Crippen molar-refractivity contribution in [3.63, 3.8) is 0 Å². The summed E-state index contributed by atoms with van der Waals surface area (Å²) in [6.45, 7) is 1.68. The molecular formula is C16H14Cl2FNO2. The van der Waals surface area contributed by atoms with E-state index >= 15 is 0 Å². The highest BCUT2D eigenvalue weighted by Crippen LogP contribution is 2.21. The van der Waals surface area contributed by atoms with Crippen LogP contribution in [0, 0.1) is 5.82 Å². The number of carbonyl (C=O) groups is 1. The number of nitrogens with one attached hydrogen (secondary N) is 1.